The topological polar surface area (TPSA) is 55.2 Å². The summed E-state index contributed by atoms with van der Waals surface area (Å²) in [6.45, 7) is 0. The van der Waals surface area contributed by atoms with Gasteiger partial charge in [0.15, 0.2) is 0 Å². The van der Waals surface area contributed by atoms with E-state index >= 15 is 0 Å². The van der Waals surface area contributed by atoms with E-state index in [1.807, 2.05) is 0 Å². The molecule has 0 aliphatic carbocycles. The first-order valence-corrected chi connectivity index (χ1v) is 5.01. The van der Waals surface area contributed by atoms with Gasteiger partial charge in [-0.1, -0.05) is 6.07 Å². The number of aliphatic hydroxyl groups is 1. The molecule has 0 saturated carbocycles. The molecule has 0 amide bonds. The van der Waals surface area contributed by atoms with E-state index in [-0.39, 0.29) is 5.56 Å². The maximum atomic E-state index is 13.4. The third-order valence-electron chi connectivity index (χ3n) is 2.33. The second-order valence-corrected chi connectivity index (χ2v) is 3.40. The molecule has 1 unspecified atom stereocenters. The molecule has 88 valence electrons. The summed E-state index contributed by atoms with van der Waals surface area (Å²) in [6, 6.07) is 6.36. The number of hydrogen-bond donors (Lipinski definition) is 1. The van der Waals surface area contributed by atoms with Gasteiger partial charge in [0.2, 0.25) is 5.88 Å². The lowest BCUT2D eigenvalue weighted by Crippen LogP contribution is -2.05. The van der Waals surface area contributed by atoms with Crippen molar-refractivity contribution in [3.63, 3.8) is 0 Å². The first-order chi connectivity index (χ1) is 8.22. The number of methoxy groups -OCH3 is 1. The van der Waals surface area contributed by atoms with Crippen molar-refractivity contribution in [2.45, 2.75) is 6.10 Å². The molecule has 0 spiro atoms. The molecule has 0 fully saturated rings. The molecular formula is C12H11FN2O2. The predicted octanol–water partition coefficient (Wildman–Crippen LogP) is 1.71. The molecule has 17 heavy (non-hydrogen) atoms. The fourth-order valence-corrected chi connectivity index (χ4v) is 1.46. The molecule has 2 aromatic heterocycles. The fraction of sp³-hybridized carbons (Fsp3) is 0.167. The molecule has 0 aliphatic rings. The third kappa shape index (κ3) is 2.39. The molecule has 2 heterocycles. The van der Waals surface area contributed by atoms with Crippen molar-refractivity contribution in [3.05, 3.63) is 53.7 Å². The Balaban J connectivity index is 2.37. The van der Waals surface area contributed by atoms with Crippen LogP contribution in [0.4, 0.5) is 4.39 Å². The van der Waals surface area contributed by atoms with Crippen molar-refractivity contribution >= 4 is 0 Å². The summed E-state index contributed by atoms with van der Waals surface area (Å²) in [5.74, 6) is -0.194. The maximum absolute atomic E-state index is 13.4. The zero-order valence-corrected chi connectivity index (χ0v) is 9.17. The van der Waals surface area contributed by atoms with Crippen LogP contribution >= 0.6 is 0 Å². The molecule has 0 aromatic carbocycles. The standard InChI is InChI=1S/C12H11FN2O2/c1-17-11-4-2-3-10(15-11)12(16)8-5-6-14-7-9(8)13/h2-7,12,16H,1H3. The van der Waals surface area contributed by atoms with E-state index in [0.717, 1.165) is 6.20 Å². The highest BCUT2D eigenvalue weighted by molar-refractivity contribution is 5.27. The van der Waals surface area contributed by atoms with Gasteiger partial charge >= 0.3 is 0 Å². The number of pyridine rings is 2. The molecule has 2 aromatic rings. The van der Waals surface area contributed by atoms with E-state index in [0.29, 0.717) is 11.6 Å². The number of ether oxygens (including phenoxy) is 1. The number of aromatic nitrogens is 2. The first kappa shape index (κ1) is 11.5. The molecular weight excluding hydrogens is 223 g/mol. The average molecular weight is 234 g/mol. The van der Waals surface area contributed by atoms with Crippen LogP contribution in [0.2, 0.25) is 0 Å². The van der Waals surface area contributed by atoms with Gasteiger partial charge < -0.3 is 9.84 Å². The highest BCUT2D eigenvalue weighted by atomic mass is 19.1. The Kier molecular flexibility index (Phi) is 3.30. The number of rotatable bonds is 3. The van der Waals surface area contributed by atoms with Gasteiger partial charge in [-0.3, -0.25) is 4.98 Å². The minimum absolute atomic E-state index is 0.140. The third-order valence-corrected chi connectivity index (χ3v) is 2.33. The van der Waals surface area contributed by atoms with E-state index in [9.17, 15) is 9.50 Å². The van der Waals surface area contributed by atoms with Crippen LogP contribution in [0.5, 0.6) is 5.88 Å². The van der Waals surface area contributed by atoms with Crippen LogP contribution in [-0.4, -0.2) is 22.2 Å². The lowest BCUT2D eigenvalue weighted by molar-refractivity contribution is 0.208. The monoisotopic (exact) mass is 234 g/mol. The summed E-state index contributed by atoms with van der Waals surface area (Å²) >= 11 is 0. The Labute approximate surface area is 97.7 Å². The van der Waals surface area contributed by atoms with E-state index in [1.54, 1.807) is 18.2 Å². The Bertz CT molecular complexity index is 519. The lowest BCUT2D eigenvalue weighted by Gasteiger charge is -2.11. The SMILES string of the molecule is COc1cccc(C(O)c2ccncc2F)n1. The van der Waals surface area contributed by atoms with Crippen LogP contribution in [-0.2, 0) is 0 Å². The Morgan fingerprint density at radius 2 is 2.18 bits per heavy atom. The molecule has 0 aliphatic heterocycles. The number of hydrogen-bond acceptors (Lipinski definition) is 4. The average Bonchev–Trinajstić information content (AvgIpc) is 2.38. The van der Waals surface area contributed by atoms with Crippen molar-refractivity contribution in [1.29, 1.82) is 0 Å². The Hall–Kier alpha value is -2.01. The van der Waals surface area contributed by atoms with Crippen LogP contribution in [0.15, 0.2) is 36.7 Å². The minimum Gasteiger partial charge on any atom is -0.481 e. The first-order valence-electron chi connectivity index (χ1n) is 5.01. The van der Waals surface area contributed by atoms with Gasteiger partial charge in [0.05, 0.1) is 19.0 Å². The molecule has 0 bridgehead atoms. The van der Waals surface area contributed by atoms with Crippen molar-refractivity contribution in [2.24, 2.45) is 0 Å². The minimum atomic E-state index is -1.13. The summed E-state index contributed by atoms with van der Waals surface area (Å²) in [4.78, 5) is 7.67. The van der Waals surface area contributed by atoms with Gasteiger partial charge in [-0.2, -0.15) is 0 Å². The molecule has 5 heteroatoms. The van der Waals surface area contributed by atoms with Gasteiger partial charge in [0.25, 0.3) is 0 Å². The molecule has 4 nitrogen and oxygen atoms in total. The molecule has 2 rings (SSSR count). The highest BCUT2D eigenvalue weighted by Gasteiger charge is 2.16. The fourth-order valence-electron chi connectivity index (χ4n) is 1.46. The normalized spacial score (nSPS) is 12.2. The quantitative estimate of drug-likeness (QED) is 0.878. The largest absolute Gasteiger partial charge is 0.481 e. The molecule has 0 radical (unpaired) electrons. The van der Waals surface area contributed by atoms with Crippen molar-refractivity contribution < 1.29 is 14.2 Å². The number of halogens is 1. The van der Waals surface area contributed by atoms with Crippen LogP contribution in [0.25, 0.3) is 0 Å². The van der Waals surface area contributed by atoms with Crippen LogP contribution in [0.1, 0.15) is 17.4 Å². The number of aliphatic hydroxyl groups excluding tert-OH is 1. The zero-order chi connectivity index (χ0) is 12.3. The summed E-state index contributed by atoms with van der Waals surface area (Å²) in [5, 5.41) is 10.0. The van der Waals surface area contributed by atoms with Crippen molar-refractivity contribution in [3.8, 4) is 5.88 Å². The van der Waals surface area contributed by atoms with Crippen molar-refractivity contribution in [1.82, 2.24) is 9.97 Å². The second-order valence-electron chi connectivity index (χ2n) is 3.40. The zero-order valence-electron chi connectivity index (χ0n) is 9.17. The van der Waals surface area contributed by atoms with E-state index in [2.05, 4.69) is 9.97 Å². The predicted molar refractivity (Wildman–Crippen MR) is 59.0 cm³/mol. The van der Waals surface area contributed by atoms with Gasteiger partial charge in [0, 0.05) is 17.8 Å². The van der Waals surface area contributed by atoms with Crippen LogP contribution in [0.3, 0.4) is 0 Å². The summed E-state index contributed by atoms with van der Waals surface area (Å²) in [6.07, 6.45) is 1.34. The van der Waals surface area contributed by atoms with Crippen LogP contribution in [0, 0.1) is 5.82 Å². The van der Waals surface area contributed by atoms with Gasteiger partial charge in [-0.15, -0.1) is 0 Å². The molecule has 1 N–H and O–H groups in total. The van der Waals surface area contributed by atoms with E-state index < -0.39 is 11.9 Å². The highest BCUT2D eigenvalue weighted by Crippen LogP contribution is 2.23. The summed E-state index contributed by atoms with van der Waals surface area (Å²) < 4.78 is 18.4. The molecule has 0 saturated heterocycles. The lowest BCUT2D eigenvalue weighted by atomic mass is 10.1. The maximum Gasteiger partial charge on any atom is 0.213 e. The van der Waals surface area contributed by atoms with Crippen molar-refractivity contribution in [2.75, 3.05) is 7.11 Å². The molecule has 1 atom stereocenters. The van der Waals surface area contributed by atoms with E-state index in [4.69, 9.17) is 4.74 Å². The smallest absolute Gasteiger partial charge is 0.213 e. The Morgan fingerprint density at radius 1 is 1.35 bits per heavy atom. The van der Waals surface area contributed by atoms with E-state index in [1.165, 1.54) is 19.4 Å². The summed E-state index contributed by atoms with van der Waals surface area (Å²) in [7, 11) is 1.48. The second kappa shape index (κ2) is 4.88. The number of nitrogens with zero attached hydrogens (tertiary/aromatic N) is 2. The van der Waals surface area contributed by atoms with Gasteiger partial charge in [-0.05, 0) is 12.1 Å². The van der Waals surface area contributed by atoms with Gasteiger partial charge in [0.1, 0.15) is 11.9 Å². The van der Waals surface area contributed by atoms with Crippen LogP contribution < -0.4 is 4.74 Å². The van der Waals surface area contributed by atoms with Gasteiger partial charge in [-0.25, -0.2) is 9.37 Å². The summed E-state index contributed by atoms with van der Waals surface area (Å²) in [5.41, 5.74) is 0.468. The Morgan fingerprint density at radius 3 is 2.88 bits per heavy atom.